The zero-order valence-corrected chi connectivity index (χ0v) is 7.38. The molecule has 4 atom stereocenters. The Balaban J connectivity index is 2.53. The molecule has 0 amide bonds. The number of Topliss-reactive ketones (excluding diaryl/α,β-unsaturated/α-hetero) is 1. The second kappa shape index (κ2) is 4.15. The molecule has 3 N–H and O–H groups in total. The zero-order valence-electron chi connectivity index (χ0n) is 7.38. The maximum Gasteiger partial charge on any atom is 0.132 e. The lowest BCUT2D eigenvalue weighted by molar-refractivity contribution is -0.188. The van der Waals surface area contributed by atoms with Gasteiger partial charge in [0.15, 0.2) is 0 Å². The zero-order chi connectivity index (χ0) is 10.0. The molecule has 1 rings (SSSR count). The Morgan fingerprint density at radius 3 is 2.54 bits per heavy atom. The van der Waals surface area contributed by atoms with Crippen LogP contribution in [0.25, 0.3) is 0 Å². The summed E-state index contributed by atoms with van der Waals surface area (Å²) in [5.74, 6) is -0.118. The molecule has 5 nitrogen and oxygen atoms in total. The molecule has 0 aromatic carbocycles. The van der Waals surface area contributed by atoms with Crippen molar-refractivity contribution in [2.75, 3.05) is 6.61 Å². The summed E-state index contributed by atoms with van der Waals surface area (Å²) in [7, 11) is 0. The van der Waals surface area contributed by atoms with Gasteiger partial charge in [-0.15, -0.1) is 0 Å². The third-order valence-electron chi connectivity index (χ3n) is 2.09. The summed E-state index contributed by atoms with van der Waals surface area (Å²) in [6, 6.07) is 0. The second-order valence-electron chi connectivity index (χ2n) is 3.33. The van der Waals surface area contributed by atoms with Crippen molar-refractivity contribution in [3.05, 3.63) is 0 Å². The highest BCUT2D eigenvalue weighted by Crippen LogP contribution is 2.17. The predicted molar refractivity (Wildman–Crippen MR) is 43.1 cm³/mol. The number of aliphatic hydroxyl groups excluding tert-OH is 3. The fourth-order valence-corrected chi connectivity index (χ4v) is 1.33. The molecule has 5 heteroatoms. The molecule has 0 saturated carbocycles. The molecule has 0 spiro atoms. The molecule has 0 bridgehead atoms. The number of hydrogen-bond acceptors (Lipinski definition) is 5. The number of rotatable bonds is 2. The van der Waals surface area contributed by atoms with Gasteiger partial charge >= 0.3 is 0 Å². The van der Waals surface area contributed by atoms with Crippen molar-refractivity contribution in [3.63, 3.8) is 0 Å². The summed E-state index contributed by atoms with van der Waals surface area (Å²) in [6.45, 7) is 1.34. The van der Waals surface area contributed by atoms with Gasteiger partial charge in [0.05, 0.1) is 12.7 Å². The molecule has 0 aromatic heterocycles. The minimum atomic E-state index is -1.22. The topological polar surface area (TPSA) is 87.0 Å². The van der Waals surface area contributed by atoms with E-state index in [1.54, 1.807) is 0 Å². The molecular weight excluding hydrogens is 176 g/mol. The SMILES string of the molecule is CC(=O)CC1OCC(O)C(O)[C@@H]1O. The van der Waals surface area contributed by atoms with Gasteiger partial charge in [0.1, 0.15) is 24.1 Å². The van der Waals surface area contributed by atoms with E-state index in [4.69, 9.17) is 9.84 Å². The second-order valence-corrected chi connectivity index (χ2v) is 3.33. The van der Waals surface area contributed by atoms with Crippen molar-refractivity contribution in [1.82, 2.24) is 0 Å². The van der Waals surface area contributed by atoms with Gasteiger partial charge in [-0.25, -0.2) is 0 Å². The van der Waals surface area contributed by atoms with Crippen molar-refractivity contribution in [2.24, 2.45) is 0 Å². The van der Waals surface area contributed by atoms with Crippen LogP contribution in [0.2, 0.25) is 0 Å². The molecule has 1 heterocycles. The normalized spacial score (nSPS) is 40.3. The maximum atomic E-state index is 10.7. The maximum absolute atomic E-state index is 10.7. The lowest BCUT2D eigenvalue weighted by Gasteiger charge is -2.34. The van der Waals surface area contributed by atoms with Crippen LogP contribution in [0.3, 0.4) is 0 Å². The van der Waals surface area contributed by atoms with Crippen LogP contribution in [0.5, 0.6) is 0 Å². The largest absolute Gasteiger partial charge is 0.388 e. The van der Waals surface area contributed by atoms with Crippen LogP contribution in [-0.4, -0.2) is 52.1 Å². The van der Waals surface area contributed by atoms with Crippen LogP contribution in [0.1, 0.15) is 13.3 Å². The van der Waals surface area contributed by atoms with Gasteiger partial charge in [0, 0.05) is 6.42 Å². The van der Waals surface area contributed by atoms with E-state index in [2.05, 4.69) is 0 Å². The molecule has 1 saturated heterocycles. The first-order valence-electron chi connectivity index (χ1n) is 4.17. The Morgan fingerprint density at radius 1 is 1.38 bits per heavy atom. The minimum Gasteiger partial charge on any atom is -0.388 e. The van der Waals surface area contributed by atoms with E-state index < -0.39 is 24.4 Å². The number of aliphatic hydroxyl groups is 3. The third kappa shape index (κ3) is 2.47. The average Bonchev–Trinajstić information content (AvgIpc) is 2.06. The number of ketones is 1. The van der Waals surface area contributed by atoms with Gasteiger partial charge in [-0.3, -0.25) is 4.79 Å². The number of carbonyl (C=O) groups excluding carboxylic acids is 1. The molecule has 0 aliphatic carbocycles. The average molecular weight is 190 g/mol. The van der Waals surface area contributed by atoms with Crippen LogP contribution >= 0.6 is 0 Å². The molecule has 76 valence electrons. The minimum absolute atomic E-state index is 0.0455. The van der Waals surface area contributed by atoms with E-state index in [1.165, 1.54) is 6.92 Å². The van der Waals surface area contributed by atoms with E-state index in [-0.39, 0.29) is 18.8 Å². The Kier molecular flexibility index (Phi) is 3.38. The van der Waals surface area contributed by atoms with Gasteiger partial charge in [0.2, 0.25) is 0 Å². The molecule has 1 aliphatic heterocycles. The molecule has 1 fully saturated rings. The number of ether oxygens (including phenoxy) is 1. The predicted octanol–water partition coefficient (Wildman–Crippen LogP) is -1.55. The highest BCUT2D eigenvalue weighted by molar-refractivity contribution is 5.76. The van der Waals surface area contributed by atoms with E-state index in [0.29, 0.717) is 0 Å². The molecule has 0 aromatic rings. The Bertz CT molecular complexity index is 193. The lowest BCUT2D eigenvalue weighted by atomic mass is 9.97. The van der Waals surface area contributed by atoms with Crippen LogP contribution in [0.4, 0.5) is 0 Å². The van der Waals surface area contributed by atoms with Crippen LogP contribution in [0.15, 0.2) is 0 Å². The highest BCUT2D eigenvalue weighted by atomic mass is 16.5. The van der Waals surface area contributed by atoms with Gasteiger partial charge < -0.3 is 20.1 Å². The quantitative estimate of drug-likeness (QED) is 0.490. The van der Waals surface area contributed by atoms with Crippen molar-refractivity contribution < 1.29 is 24.9 Å². The molecule has 3 unspecified atom stereocenters. The summed E-state index contributed by atoms with van der Waals surface area (Å²) in [4.78, 5) is 10.7. The van der Waals surface area contributed by atoms with Gasteiger partial charge in [0.25, 0.3) is 0 Å². The highest BCUT2D eigenvalue weighted by Gasteiger charge is 2.37. The van der Waals surface area contributed by atoms with E-state index in [0.717, 1.165) is 0 Å². The number of carbonyl (C=O) groups is 1. The van der Waals surface area contributed by atoms with E-state index in [9.17, 15) is 15.0 Å². The summed E-state index contributed by atoms with van der Waals surface area (Å²) in [5, 5.41) is 27.7. The molecule has 13 heavy (non-hydrogen) atoms. The van der Waals surface area contributed by atoms with E-state index >= 15 is 0 Å². The summed E-state index contributed by atoms with van der Waals surface area (Å²) in [5.41, 5.74) is 0. The summed E-state index contributed by atoms with van der Waals surface area (Å²) < 4.78 is 5.00. The Labute approximate surface area is 75.9 Å². The van der Waals surface area contributed by atoms with Crippen molar-refractivity contribution in [3.8, 4) is 0 Å². The van der Waals surface area contributed by atoms with Gasteiger partial charge in [-0.05, 0) is 6.92 Å². The monoisotopic (exact) mass is 190 g/mol. The Morgan fingerprint density at radius 2 is 2.00 bits per heavy atom. The van der Waals surface area contributed by atoms with Crippen LogP contribution in [-0.2, 0) is 9.53 Å². The lowest BCUT2D eigenvalue weighted by Crippen LogP contribution is -2.53. The fourth-order valence-electron chi connectivity index (χ4n) is 1.33. The molecular formula is C8H14O5. The van der Waals surface area contributed by atoms with Crippen molar-refractivity contribution in [1.29, 1.82) is 0 Å². The van der Waals surface area contributed by atoms with Crippen molar-refractivity contribution >= 4 is 5.78 Å². The fraction of sp³-hybridized carbons (Fsp3) is 0.875. The van der Waals surface area contributed by atoms with Gasteiger partial charge in [-0.2, -0.15) is 0 Å². The summed E-state index contributed by atoms with van der Waals surface area (Å²) >= 11 is 0. The third-order valence-corrected chi connectivity index (χ3v) is 2.09. The van der Waals surface area contributed by atoms with Crippen LogP contribution < -0.4 is 0 Å². The standard InChI is InChI=1S/C8H14O5/c1-4(9)2-6-8(12)7(11)5(10)3-13-6/h5-8,10-12H,2-3H2,1H3/t5?,6?,7?,8-/m1/s1. The smallest absolute Gasteiger partial charge is 0.132 e. The summed E-state index contributed by atoms with van der Waals surface area (Å²) in [6.07, 6.45) is -4.12. The van der Waals surface area contributed by atoms with E-state index in [1.807, 2.05) is 0 Å². The first kappa shape index (κ1) is 10.6. The molecule has 1 aliphatic rings. The van der Waals surface area contributed by atoms with Gasteiger partial charge in [-0.1, -0.05) is 0 Å². The molecule has 0 radical (unpaired) electrons. The van der Waals surface area contributed by atoms with Crippen LogP contribution in [0, 0.1) is 0 Å². The Hall–Kier alpha value is -0.490. The first-order valence-corrected chi connectivity index (χ1v) is 4.17. The van der Waals surface area contributed by atoms with Crippen molar-refractivity contribution in [2.45, 2.75) is 37.8 Å². The number of hydrogen-bond donors (Lipinski definition) is 3. The first-order chi connectivity index (χ1) is 6.02.